The molecule has 29 heavy (non-hydrogen) atoms. The molecule has 2 heterocycles. The molecular weight excluding hydrogens is 360 g/mol. The topological polar surface area (TPSA) is 57.3 Å². The molecule has 0 atom stereocenters. The van der Waals surface area contributed by atoms with Crippen LogP contribution < -0.4 is 15.5 Å². The maximum atomic E-state index is 12.7. The number of hydrogen-bond acceptors (Lipinski definition) is 4. The van der Waals surface area contributed by atoms with Crippen LogP contribution in [0.4, 0.5) is 17.1 Å². The first-order valence-electron chi connectivity index (χ1n) is 11.2. The Morgan fingerprint density at radius 1 is 0.862 bits per heavy atom. The molecule has 1 aromatic heterocycles. The van der Waals surface area contributed by atoms with Gasteiger partial charge >= 0.3 is 0 Å². The summed E-state index contributed by atoms with van der Waals surface area (Å²) in [5.74, 6) is -0.0199. The number of nitrogens with one attached hydrogen (secondary N) is 2. The summed E-state index contributed by atoms with van der Waals surface area (Å²) in [5.41, 5.74) is 3.74. The maximum Gasteiger partial charge on any atom is 0.253 e. The van der Waals surface area contributed by atoms with Crippen molar-refractivity contribution in [2.45, 2.75) is 63.8 Å². The average Bonchev–Trinajstić information content (AvgIpc) is 3.04. The van der Waals surface area contributed by atoms with Crippen LogP contribution in [0.1, 0.15) is 68.1 Å². The molecule has 1 saturated heterocycles. The van der Waals surface area contributed by atoms with E-state index < -0.39 is 0 Å². The minimum atomic E-state index is -0.0199. The molecule has 5 heteroatoms. The van der Waals surface area contributed by atoms with Crippen LogP contribution >= 0.6 is 0 Å². The third-order valence-corrected chi connectivity index (χ3v) is 6.07. The summed E-state index contributed by atoms with van der Waals surface area (Å²) in [7, 11) is 0. The van der Waals surface area contributed by atoms with E-state index in [0.29, 0.717) is 11.6 Å². The van der Waals surface area contributed by atoms with E-state index in [4.69, 9.17) is 0 Å². The van der Waals surface area contributed by atoms with Crippen LogP contribution in [0.5, 0.6) is 0 Å². The normalized spacial score (nSPS) is 18.1. The number of benzene rings is 1. The highest BCUT2D eigenvalue weighted by Gasteiger charge is 2.16. The highest BCUT2D eigenvalue weighted by atomic mass is 16.1. The maximum absolute atomic E-state index is 12.7. The van der Waals surface area contributed by atoms with Crippen LogP contribution in [0.25, 0.3) is 0 Å². The minimum absolute atomic E-state index is 0.0199. The van der Waals surface area contributed by atoms with E-state index in [2.05, 4.69) is 44.8 Å². The predicted octanol–water partition coefficient (Wildman–Crippen LogP) is 5.27. The molecule has 1 aliphatic heterocycles. The Morgan fingerprint density at radius 2 is 1.55 bits per heavy atom. The predicted molar refractivity (Wildman–Crippen MR) is 119 cm³/mol. The monoisotopic (exact) mass is 392 g/mol. The Balaban J connectivity index is 1.37. The lowest BCUT2D eigenvalue weighted by atomic mass is 10.1. The number of pyridine rings is 1. The van der Waals surface area contributed by atoms with Crippen LogP contribution in [0.15, 0.2) is 42.7 Å². The van der Waals surface area contributed by atoms with Gasteiger partial charge in [-0.3, -0.25) is 9.78 Å². The van der Waals surface area contributed by atoms with E-state index in [1.54, 1.807) is 12.4 Å². The second-order valence-corrected chi connectivity index (χ2v) is 8.34. The van der Waals surface area contributed by atoms with Crippen LogP contribution in [-0.2, 0) is 0 Å². The van der Waals surface area contributed by atoms with Gasteiger partial charge in [-0.1, -0.05) is 25.7 Å². The van der Waals surface area contributed by atoms with Crippen LogP contribution in [-0.4, -0.2) is 30.0 Å². The van der Waals surface area contributed by atoms with E-state index in [9.17, 15) is 4.79 Å². The molecule has 1 saturated carbocycles. The zero-order valence-corrected chi connectivity index (χ0v) is 17.2. The number of carbonyl (C=O) groups is 1. The summed E-state index contributed by atoms with van der Waals surface area (Å²) < 4.78 is 0. The largest absolute Gasteiger partial charge is 0.372 e. The van der Waals surface area contributed by atoms with Gasteiger partial charge < -0.3 is 15.5 Å². The number of rotatable bonds is 5. The summed E-state index contributed by atoms with van der Waals surface area (Å²) in [6.45, 7) is 2.30. The van der Waals surface area contributed by atoms with Crippen LogP contribution in [0.2, 0.25) is 0 Å². The van der Waals surface area contributed by atoms with Gasteiger partial charge in [-0.15, -0.1) is 0 Å². The Labute approximate surface area is 173 Å². The Morgan fingerprint density at radius 3 is 2.28 bits per heavy atom. The number of amides is 1. The number of hydrogen-bond donors (Lipinski definition) is 2. The summed E-state index contributed by atoms with van der Waals surface area (Å²) in [6, 6.07) is 10.7. The van der Waals surface area contributed by atoms with Crippen molar-refractivity contribution >= 4 is 23.0 Å². The van der Waals surface area contributed by atoms with Gasteiger partial charge in [0.05, 0.1) is 17.4 Å². The fourth-order valence-electron chi connectivity index (χ4n) is 4.40. The number of anilines is 3. The molecule has 0 bridgehead atoms. The van der Waals surface area contributed by atoms with E-state index in [1.165, 1.54) is 50.6 Å². The van der Waals surface area contributed by atoms with Crippen molar-refractivity contribution in [1.29, 1.82) is 0 Å². The molecule has 4 rings (SSSR count). The molecule has 154 valence electrons. The van der Waals surface area contributed by atoms with Crippen LogP contribution in [0.3, 0.4) is 0 Å². The molecule has 2 aliphatic rings. The van der Waals surface area contributed by atoms with Crippen molar-refractivity contribution in [2.24, 2.45) is 0 Å². The van der Waals surface area contributed by atoms with Gasteiger partial charge in [-0.25, -0.2) is 0 Å². The number of piperidine rings is 1. The molecule has 0 radical (unpaired) electrons. The van der Waals surface area contributed by atoms with Crippen molar-refractivity contribution in [2.75, 3.05) is 23.3 Å². The first-order chi connectivity index (χ1) is 14.3. The standard InChI is InChI=1S/C24H32N4O/c29-24(27-20-8-4-1-2-5-9-20)19-16-22(18-25-17-19)26-21-10-12-23(13-11-21)28-14-6-3-7-15-28/h10-13,16-18,20,26H,1-9,14-15H2,(H,27,29). The number of aromatic nitrogens is 1. The molecule has 5 nitrogen and oxygen atoms in total. The van der Waals surface area contributed by atoms with Gasteiger partial charge in [0.2, 0.25) is 0 Å². The Bertz CT molecular complexity index is 791. The third-order valence-electron chi connectivity index (χ3n) is 6.07. The molecule has 0 spiro atoms. The van der Waals surface area contributed by atoms with Crippen LogP contribution in [0, 0.1) is 0 Å². The SMILES string of the molecule is O=C(NC1CCCCCC1)c1cncc(Nc2ccc(N3CCCCC3)cc2)c1. The van der Waals surface area contributed by atoms with Crippen molar-refractivity contribution in [3.05, 3.63) is 48.3 Å². The summed E-state index contributed by atoms with van der Waals surface area (Å²) >= 11 is 0. The third kappa shape index (κ3) is 5.49. The lowest BCUT2D eigenvalue weighted by molar-refractivity contribution is 0.0933. The second kappa shape index (κ2) is 9.77. The molecule has 2 fully saturated rings. The van der Waals surface area contributed by atoms with E-state index >= 15 is 0 Å². The zero-order valence-electron chi connectivity index (χ0n) is 17.2. The smallest absolute Gasteiger partial charge is 0.253 e. The summed E-state index contributed by atoms with van der Waals surface area (Å²) in [4.78, 5) is 19.4. The quantitative estimate of drug-likeness (QED) is 0.681. The van der Waals surface area contributed by atoms with Gasteiger partial charge in [0.1, 0.15) is 0 Å². The molecular formula is C24H32N4O. The van der Waals surface area contributed by atoms with Gasteiger partial charge in [0, 0.05) is 36.7 Å². The first kappa shape index (κ1) is 19.7. The lowest BCUT2D eigenvalue weighted by Crippen LogP contribution is -2.34. The van der Waals surface area contributed by atoms with Crippen molar-refractivity contribution in [1.82, 2.24) is 10.3 Å². The summed E-state index contributed by atoms with van der Waals surface area (Å²) in [6.07, 6.45) is 14.5. The van der Waals surface area contributed by atoms with Gasteiger partial charge in [0.15, 0.2) is 0 Å². The van der Waals surface area contributed by atoms with Crippen molar-refractivity contribution in [3.63, 3.8) is 0 Å². The fraction of sp³-hybridized carbons (Fsp3) is 0.500. The number of carbonyl (C=O) groups excluding carboxylic acids is 1. The second-order valence-electron chi connectivity index (χ2n) is 8.34. The highest BCUT2D eigenvalue weighted by Crippen LogP contribution is 2.24. The molecule has 2 N–H and O–H groups in total. The van der Waals surface area contributed by atoms with Gasteiger partial charge in [-0.05, 0) is 62.4 Å². The summed E-state index contributed by atoms with van der Waals surface area (Å²) in [5, 5.41) is 6.58. The average molecular weight is 393 g/mol. The fourth-order valence-corrected chi connectivity index (χ4v) is 4.40. The van der Waals surface area contributed by atoms with E-state index in [1.807, 2.05) is 6.07 Å². The highest BCUT2D eigenvalue weighted by molar-refractivity contribution is 5.95. The molecule has 2 aromatic rings. The van der Waals surface area contributed by atoms with E-state index in [-0.39, 0.29) is 5.91 Å². The Kier molecular flexibility index (Phi) is 6.65. The molecule has 1 aliphatic carbocycles. The molecule has 0 unspecified atom stereocenters. The van der Waals surface area contributed by atoms with E-state index in [0.717, 1.165) is 37.3 Å². The van der Waals surface area contributed by atoms with Gasteiger partial charge in [0.25, 0.3) is 5.91 Å². The molecule has 1 aromatic carbocycles. The number of nitrogens with zero attached hydrogens (tertiary/aromatic N) is 2. The molecule has 1 amide bonds. The van der Waals surface area contributed by atoms with Crippen molar-refractivity contribution in [3.8, 4) is 0 Å². The zero-order chi connectivity index (χ0) is 19.9. The lowest BCUT2D eigenvalue weighted by Gasteiger charge is -2.28. The van der Waals surface area contributed by atoms with Crippen molar-refractivity contribution < 1.29 is 4.79 Å². The van der Waals surface area contributed by atoms with Gasteiger partial charge in [-0.2, -0.15) is 0 Å². The minimum Gasteiger partial charge on any atom is -0.372 e. The first-order valence-corrected chi connectivity index (χ1v) is 11.2. The Hall–Kier alpha value is -2.56.